The third kappa shape index (κ3) is 2.98. The molecule has 1 heterocycles. The molecule has 5 nitrogen and oxygen atoms in total. The van der Waals surface area contributed by atoms with E-state index in [1.165, 1.54) is 18.2 Å². The maximum atomic E-state index is 12.9. The van der Waals surface area contributed by atoms with Gasteiger partial charge in [-0.15, -0.1) is 0 Å². The summed E-state index contributed by atoms with van der Waals surface area (Å²) in [5.74, 6) is -0.578. The Balaban J connectivity index is 2.46. The summed E-state index contributed by atoms with van der Waals surface area (Å²) in [6.07, 6.45) is 0. The van der Waals surface area contributed by atoms with Crippen molar-refractivity contribution in [3.63, 3.8) is 0 Å². The molecule has 2 aromatic carbocycles. The highest BCUT2D eigenvalue weighted by Crippen LogP contribution is 2.30. The SMILES string of the molecule is CCS(=O)c1cc(C(C)C)c2oc3ccc(C(=O)O)cc3c(=O)c2c1. The van der Waals surface area contributed by atoms with Crippen LogP contribution in [0.3, 0.4) is 0 Å². The van der Waals surface area contributed by atoms with Gasteiger partial charge in [-0.1, -0.05) is 20.8 Å². The lowest BCUT2D eigenvalue weighted by Crippen LogP contribution is -2.08. The molecule has 0 saturated carbocycles. The smallest absolute Gasteiger partial charge is 0.335 e. The Morgan fingerprint density at radius 1 is 1.20 bits per heavy atom. The van der Waals surface area contributed by atoms with Crippen LogP contribution >= 0.6 is 0 Å². The lowest BCUT2D eigenvalue weighted by Gasteiger charge is -2.12. The normalized spacial score (nSPS) is 12.8. The summed E-state index contributed by atoms with van der Waals surface area (Å²) in [4.78, 5) is 24.7. The van der Waals surface area contributed by atoms with Crippen LogP contribution in [0.25, 0.3) is 21.9 Å². The standard InChI is InChI=1S/C19H18O5S/c1-4-25(23)12-8-13(10(2)3)18-15(9-12)17(20)14-7-11(19(21)22)5-6-16(14)24-18/h5-10H,4H2,1-3H3,(H,21,22). The van der Waals surface area contributed by atoms with E-state index >= 15 is 0 Å². The van der Waals surface area contributed by atoms with Crippen LogP contribution in [0.4, 0.5) is 0 Å². The minimum atomic E-state index is -1.20. The first kappa shape index (κ1) is 17.4. The quantitative estimate of drug-likeness (QED) is 0.715. The zero-order valence-electron chi connectivity index (χ0n) is 14.2. The zero-order valence-corrected chi connectivity index (χ0v) is 15.0. The van der Waals surface area contributed by atoms with E-state index in [9.17, 15) is 13.8 Å². The highest BCUT2D eigenvalue weighted by molar-refractivity contribution is 7.85. The molecule has 1 N–H and O–H groups in total. The molecule has 0 saturated heterocycles. The second-order valence-corrected chi connectivity index (χ2v) is 7.87. The van der Waals surface area contributed by atoms with Gasteiger partial charge >= 0.3 is 5.97 Å². The van der Waals surface area contributed by atoms with Gasteiger partial charge < -0.3 is 9.52 Å². The fraction of sp³-hybridized carbons (Fsp3) is 0.263. The van der Waals surface area contributed by atoms with E-state index in [4.69, 9.17) is 9.52 Å². The predicted molar refractivity (Wildman–Crippen MR) is 98.0 cm³/mol. The Kier molecular flexibility index (Phi) is 4.47. The molecule has 0 radical (unpaired) electrons. The van der Waals surface area contributed by atoms with E-state index < -0.39 is 16.8 Å². The topological polar surface area (TPSA) is 84.6 Å². The van der Waals surface area contributed by atoms with Gasteiger partial charge in [0.1, 0.15) is 11.2 Å². The number of rotatable bonds is 4. The predicted octanol–water partition coefficient (Wildman–Crippen LogP) is 3.90. The van der Waals surface area contributed by atoms with Gasteiger partial charge in [0.15, 0.2) is 0 Å². The van der Waals surface area contributed by atoms with Gasteiger partial charge in [-0.05, 0) is 41.8 Å². The molecule has 1 unspecified atom stereocenters. The third-order valence-corrected chi connectivity index (χ3v) is 5.45. The van der Waals surface area contributed by atoms with Gasteiger partial charge in [0, 0.05) is 10.6 Å². The summed E-state index contributed by atoms with van der Waals surface area (Å²) < 4.78 is 18.2. The van der Waals surface area contributed by atoms with Crippen LogP contribution in [0.15, 0.2) is 44.4 Å². The Bertz CT molecular complexity index is 1080. The van der Waals surface area contributed by atoms with Crippen LogP contribution in [0, 0.1) is 0 Å². The van der Waals surface area contributed by atoms with Crippen LogP contribution in [-0.2, 0) is 10.8 Å². The molecule has 3 aromatic rings. The summed E-state index contributed by atoms with van der Waals surface area (Å²) in [7, 11) is -1.20. The van der Waals surface area contributed by atoms with Gasteiger partial charge in [0.2, 0.25) is 5.43 Å². The first-order valence-corrected chi connectivity index (χ1v) is 9.31. The first-order valence-electron chi connectivity index (χ1n) is 7.99. The molecular weight excluding hydrogens is 340 g/mol. The first-order chi connectivity index (χ1) is 11.8. The van der Waals surface area contributed by atoms with Crippen molar-refractivity contribution in [2.24, 2.45) is 0 Å². The molecule has 0 fully saturated rings. The summed E-state index contributed by atoms with van der Waals surface area (Å²) >= 11 is 0. The lowest BCUT2D eigenvalue weighted by atomic mass is 9.99. The summed E-state index contributed by atoms with van der Waals surface area (Å²) in [5, 5.41) is 9.68. The fourth-order valence-electron chi connectivity index (χ4n) is 2.82. The number of carboxylic acids is 1. The van der Waals surface area contributed by atoms with Gasteiger partial charge in [-0.3, -0.25) is 9.00 Å². The Labute approximate surface area is 146 Å². The van der Waals surface area contributed by atoms with E-state index in [0.717, 1.165) is 5.56 Å². The van der Waals surface area contributed by atoms with Crippen molar-refractivity contribution in [3.8, 4) is 0 Å². The minimum Gasteiger partial charge on any atom is -0.478 e. The van der Waals surface area contributed by atoms with Crippen LogP contribution in [0.1, 0.15) is 42.6 Å². The van der Waals surface area contributed by atoms with Crippen molar-refractivity contribution in [2.75, 3.05) is 5.75 Å². The van der Waals surface area contributed by atoms with E-state index in [0.29, 0.717) is 27.2 Å². The van der Waals surface area contributed by atoms with E-state index in [1.54, 1.807) is 6.07 Å². The molecule has 0 spiro atoms. The minimum absolute atomic E-state index is 0.0246. The van der Waals surface area contributed by atoms with E-state index in [2.05, 4.69) is 0 Å². The molecule has 130 valence electrons. The van der Waals surface area contributed by atoms with Crippen molar-refractivity contribution in [2.45, 2.75) is 31.6 Å². The third-order valence-electron chi connectivity index (χ3n) is 4.17. The molecule has 0 bridgehead atoms. The molecule has 25 heavy (non-hydrogen) atoms. The number of hydrogen-bond donors (Lipinski definition) is 1. The maximum absolute atomic E-state index is 12.9. The van der Waals surface area contributed by atoms with Crippen molar-refractivity contribution in [1.82, 2.24) is 0 Å². The molecule has 6 heteroatoms. The highest BCUT2D eigenvalue weighted by Gasteiger charge is 2.17. The number of carboxylic acid groups (broad SMARTS) is 1. The number of benzene rings is 2. The van der Waals surface area contributed by atoms with Crippen LogP contribution in [0.5, 0.6) is 0 Å². The van der Waals surface area contributed by atoms with Crippen molar-refractivity contribution in [3.05, 3.63) is 51.7 Å². The highest BCUT2D eigenvalue weighted by atomic mass is 32.2. The van der Waals surface area contributed by atoms with Gasteiger partial charge in [-0.2, -0.15) is 0 Å². The molecule has 3 rings (SSSR count). The average Bonchev–Trinajstić information content (AvgIpc) is 2.60. The summed E-state index contributed by atoms with van der Waals surface area (Å²) in [6.45, 7) is 5.77. The summed E-state index contributed by atoms with van der Waals surface area (Å²) in [5.41, 5.74) is 1.34. The monoisotopic (exact) mass is 358 g/mol. The largest absolute Gasteiger partial charge is 0.478 e. The number of fused-ring (bicyclic) bond motifs is 2. The molecule has 0 aliphatic carbocycles. The average molecular weight is 358 g/mol. The molecule has 1 aromatic heterocycles. The Morgan fingerprint density at radius 2 is 1.92 bits per heavy atom. The van der Waals surface area contributed by atoms with E-state index in [-0.39, 0.29) is 22.3 Å². The van der Waals surface area contributed by atoms with Gasteiger partial charge in [0.05, 0.1) is 27.1 Å². The van der Waals surface area contributed by atoms with Crippen LogP contribution in [0.2, 0.25) is 0 Å². The maximum Gasteiger partial charge on any atom is 0.335 e. The second-order valence-electron chi connectivity index (χ2n) is 6.13. The van der Waals surface area contributed by atoms with E-state index in [1.807, 2.05) is 26.8 Å². The van der Waals surface area contributed by atoms with Crippen molar-refractivity contribution < 1.29 is 18.5 Å². The molecule has 0 amide bonds. The zero-order chi connectivity index (χ0) is 18.3. The van der Waals surface area contributed by atoms with Crippen molar-refractivity contribution in [1.29, 1.82) is 0 Å². The summed E-state index contributed by atoms with van der Waals surface area (Å²) in [6, 6.07) is 7.66. The molecule has 0 aliphatic heterocycles. The molecular formula is C19H18O5S. The molecule has 0 aliphatic rings. The Morgan fingerprint density at radius 3 is 2.52 bits per heavy atom. The van der Waals surface area contributed by atoms with Crippen molar-refractivity contribution >= 4 is 38.7 Å². The number of aromatic carboxylic acids is 1. The lowest BCUT2D eigenvalue weighted by molar-refractivity contribution is 0.0697. The van der Waals surface area contributed by atoms with Gasteiger partial charge in [0.25, 0.3) is 0 Å². The number of carbonyl (C=O) groups is 1. The molecule has 1 atom stereocenters. The van der Waals surface area contributed by atoms with Gasteiger partial charge in [-0.25, -0.2) is 4.79 Å². The second kappa shape index (κ2) is 6.44. The fourth-order valence-corrected chi connectivity index (χ4v) is 3.66. The Hall–Kier alpha value is -2.47. The van der Waals surface area contributed by atoms with Crippen LogP contribution in [-0.4, -0.2) is 21.0 Å². The number of hydrogen-bond acceptors (Lipinski definition) is 4. The van der Waals surface area contributed by atoms with Crippen LogP contribution < -0.4 is 5.43 Å².